The molecule has 4 N–H and O–H groups in total. The van der Waals surface area contributed by atoms with Gasteiger partial charge < -0.3 is 10.8 Å². The monoisotopic (exact) mass is 300 g/mol. The number of benzene rings is 1. The van der Waals surface area contributed by atoms with Gasteiger partial charge in [0, 0.05) is 30.1 Å². The van der Waals surface area contributed by atoms with Crippen LogP contribution in [0.15, 0.2) is 42.7 Å². The molecule has 0 spiro atoms. The lowest BCUT2D eigenvalue weighted by atomic mass is 10.2. The summed E-state index contributed by atoms with van der Waals surface area (Å²) in [6.45, 7) is 0.235. The maximum atomic E-state index is 11.0. The van der Waals surface area contributed by atoms with E-state index in [1.165, 1.54) is 0 Å². The summed E-state index contributed by atoms with van der Waals surface area (Å²) in [6, 6.07) is 8.49. The topological polar surface area (TPSA) is 118 Å². The highest BCUT2D eigenvalue weighted by atomic mass is 16.4. The van der Waals surface area contributed by atoms with Gasteiger partial charge in [-0.15, -0.1) is 0 Å². The number of nitrogens with zero attached hydrogens (tertiary/aromatic N) is 2. The second-order valence-corrected chi connectivity index (χ2v) is 4.72. The molecule has 1 aromatic carbocycles. The lowest BCUT2D eigenvalue weighted by Gasteiger charge is -2.12. The van der Waals surface area contributed by atoms with Crippen molar-refractivity contribution >= 4 is 11.9 Å². The summed E-state index contributed by atoms with van der Waals surface area (Å²) < 4.78 is 0. The van der Waals surface area contributed by atoms with Gasteiger partial charge in [-0.3, -0.25) is 14.9 Å². The van der Waals surface area contributed by atoms with Crippen LogP contribution in [0.5, 0.6) is 0 Å². The fourth-order valence-corrected chi connectivity index (χ4v) is 1.87. The van der Waals surface area contributed by atoms with Gasteiger partial charge in [0.25, 0.3) is 0 Å². The predicted octanol–water partition coefficient (Wildman–Crippen LogP) is 0.562. The molecule has 2 rings (SSSR count). The van der Waals surface area contributed by atoms with Crippen molar-refractivity contribution in [3.05, 3.63) is 48.3 Å². The highest BCUT2D eigenvalue weighted by Gasteiger charge is 2.19. The Balaban J connectivity index is 1.99. The van der Waals surface area contributed by atoms with Crippen LogP contribution >= 0.6 is 0 Å². The third kappa shape index (κ3) is 4.35. The molecular weight excluding hydrogens is 284 g/mol. The van der Waals surface area contributed by atoms with E-state index in [1.807, 2.05) is 30.3 Å². The van der Waals surface area contributed by atoms with E-state index in [4.69, 9.17) is 10.8 Å². The van der Waals surface area contributed by atoms with Gasteiger partial charge in [-0.1, -0.05) is 30.3 Å². The van der Waals surface area contributed by atoms with Crippen LogP contribution in [0.25, 0.3) is 11.4 Å². The lowest BCUT2D eigenvalue weighted by molar-refractivity contribution is -0.141. The van der Waals surface area contributed by atoms with Crippen LogP contribution in [0.1, 0.15) is 12.0 Å². The first-order valence-corrected chi connectivity index (χ1v) is 6.67. The molecule has 0 fully saturated rings. The Morgan fingerprint density at radius 3 is 2.36 bits per heavy atom. The molecular formula is C15H16N4O3. The summed E-state index contributed by atoms with van der Waals surface area (Å²) in [4.78, 5) is 30.3. The van der Waals surface area contributed by atoms with Crippen molar-refractivity contribution in [2.24, 2.45) is 5.73 Å². The molecule has 1 atom stereocenters. The van der Waals surface area contributed by atoms with Crippen LogP contribution < -0.4 is 11.1 Å². The van der Waals surface area contributed by atoms with Crippen molar-refractivity contribution < 1.29 is 14.7 Å². The minimum absolute atomic E-state index is 0.235. The summed E-state index contributed by atoms with van der Waals surface area (Å²) in [7, 11) is 0. The average molecular weight is 300 g/mol. The molecule has 0 bridgehead atoms. The zero-order valence-corrected chi connectivity index (χ0v) is 11.8. The number of carboxylic acids is 1. The van der Waals surface area contributed by atoms with Crippen LogP contribution in [-0.4, -0.2) is 33.0 Å². The molecule has 2 aromatic rings. The minimum Gasteiger partial charge on any atom is -0.480 e. The summed E-state index contributed by atoms with van der Waals surface area (Å²) in [5.41, 5.74) is 6.64. The molecule has 0 aliphatic carbocycles. The Bertz CT molecular complexity index is 644. The van der Waals surface area contributed by atoms with Gasteiger partial charge in [0.2, 0.25) is 5.91 Å². The van der Waals surface area contributed by atoms with Crippen LogP contribution in [0, 0.1) is 0 Å². The Morgan fingerprint density at radius 1 is 1.18 bits per heavy atom. The second kappa shape index (κ2) is 7.28. The van der Waals surface area contributed by atoms with Gasteiger partial charge >= 0.3 is 5.97 Å². The van der Waals surface area contributed by atoms with Crippen LogP contribution in [0.3, 0.4) is 0 Å². The lowest BCUT2D eigenvalue weighted by Crippen LogP contribution is -2.39. The van der Waals surface area contributed by atoms with E-state index >= 15 is 0 Å². The van der Waals surface area contributed by atoms with Crippen LogP contribution in [0.2, 0.25) is 0 Å². The highest BCUT2D eigenvalue weighted by Crippen LogP contribution is 2.13. The molecule has 0 saturated carbocycles. The van der Waals surface area contributed by atoms with Crippen molar-refractivity contribution in [2.45, 2.75) is 19.0 Å². The normalized spacial score (nSPS) is 11.8. The fraction of sp³-hybridized carbons (Fsp3) is 0.200. The van der Waals surface area contributed by atoms with Crippen molar-refractivity contribution in [1.82, 2.24) is 15.3 Å². The summed E-state index contributed by atoms with van der Waals surface area (Å²) in [6.07, 6.45) is 2.97. The number of carboxylic acid groups (broad SMARTS) is 1. The molecule has 22 heavy (non-hydrogen) atoms. The van der Waals surface area contributed by atoms with Gasteiger partial charge in [0.05, 0.1) is 6.42 Å². The van der Waals surface area contributed by atoms with E-state index in [2.05, 4.69) is 15.3 Å². The Kier molecular flexibility index (Phi) is 5.16. The van der Waals surface area contributed by atoms with Crippen molar-refractivity contribution in [2.75, 3.05) is 0 Å². The first-order chi connectivity index (χ1) is 10.6. The number of rotatable bonds is 7. The summed E-state index contributed by atoms with van der Waals surface area (Å²) >= 11 is 0. The molecule has 7 nitrogen and oxygen atoms in total. The molecule has 1 aromatic heterocycles. The minimum atomic E-state index is -1.12. The maximum absolute atomic E-state index is 11.0. The number of hydrogen-bond acceptors (Lipinski definition) is 5. The SMILES string of the molecule is NC(=O)CC(NCc1cnc(-c2ccccc2)nc1)C(=O)O. The molecule has 1 heterocycles. The first kappa shape index (κ1) is 15.6. The smallest absolute Gasteiger partial charge is 0.321 e. The molecule has 0 aliphatic rings. The number of carbonyl (C=O) groups is 2. The Hall–Kier alpha value is -2.80. The molecule has 1 amide bonds. The number of amides is 1. The Labute approximate surface area is 127 Å². The quantitative estimate of drug-likeness (QED) is 0.687. The van der Waals surface area contributed by atoms with E-state index in [9.17, 15) is 9.59 Å². The molecule has 1 unspecified atom stereocenters. The van der Waals surface area contributed by atoms with Crippen LogP contribution in [-0.2, 0) is 16.1 Å². The van der Waals surface area contributed by atoms with E-state index in [0.29, 0.717) is 5.82 Å². The fourth-order valence-electron chi connectivity index (χ4n) is 1.87. The first-order valence-electron chi connectivity index (χ1n) is 6.67. The van der Waals surface area contributed by atoms with Gasteiger partial charge in [-0.25, -0.2) is 9.97 Å². The summed E-state index contributed by atoms with van der Waals surface area (Å²) in [5, 5.41) is 11.7. The number of primary amides is 1. The molecule has 114 valence electrons. The van der Waals surface area contributed by atoms with E-state index in [-0.39, 0.29) is 13.0 Å². The number of hydrogen-bond donors (Lipinski definition) is 3. The average Bonchev–Trinajstić information content (AvgIpc) is 2.52. The highest BCUT2D eigenvalue weighted by molar-refractivity contribution is 5.83. The number of nitrogens with one attached hydrogen (secondary N) is 1. The molecule has 0 aliphatic heterocycles. The van der Waals surface area contributed by atoms with Gasteiger partial charge in [-0.05, 0) is 0 Å². The maximum Gasteiger partial charge on any atom is 0.321 e. The number of nitrogens with two attached hydrogens (primary N) is 1. The Morgan fingerprint density at radius 2 is 1.82 bits per heavy atom. The predicted molar refractivity (Wildman–Crippen MR) is 79.5 cm³/mol. The largest absolute Gasteiger partial charge is 0.480 e. The van der Waals surface area contributed by atoms with E-state index in [1.54, 1.807) is 12.4 Å². The zero-order valence-electron chi connectivity index (χ0n) is 11.8. The van der Waals surface area contributed by atoms with Gasteiger partial charge in [0.1, 0.15) is 6.04 Å². The number of carbonyl (C=O) groups excluding carboxylic acids is 1. The van der Waals surface area contributed by atoms with Gasteiger partial charge in [0.15, 0.2) is 5.82 Å². The zero-order chi connectivity index (χ0) is 15.9. The third-order valence-electron chi connectivity index (χ3n) is 2.99. The number of aromatic nitrogens is 2. The van der Waals surface area contributed by atoms with E-state index < -0.39 is 17.9 Å². The van der Waals surface area contributed by atoms with E-state index in [0.717, 1.165) is 11.1 Å². The van der Waals surface area contributed by atoms with Crippen LogP contribution in [0.4, 0.5) is 0 Å². The third-order valence-corrected chi connectivity index (χ3v) is 2.99. The van der Waals surface area contributed by atoms with Crippen molar-refractivity contribution in [3.8, 4) is 11.4 Å². The standard InChI is InChI=1S/C15H16N4O3/c16-13(20)6-12(15(21)22)17-7-10-8-18-14(19-9-10)11-4-2-1-3-5-11/h1-5,8-9,12,17H,6-7H2,(H2,16,20)(H,21,22). The molecule has 0 saturated heterocycles. The number of aliphatic carboxylic acids is 1. The van der Waals surface area contributed by atoms with Crippen molar-refractivity contribution in [1.29, 1.82) is 0 Å². The second-order valence-electron chi connectivity index (χ2n) is 4.72. The van der Waals surface area contributed by atoms with Crippen molar-refractivity contribution in [3.63, 3.8) is 0 Å². The molecule has 0 radical (unpaired) electrons. The molecule has 7 heteroatoms. The summed E-state index contributed by atoms with van der Waals surface area (Å²) in [5.74, 6) is -1.20. The van der Waals surface area contributed by atoms with Gasteiger partial charge in [-0.2, -0.15) is 0 Å².